The molecule has 6 nitrogen and oxygen atoms in total. The van der Waals surface area contributed by atoms with Crippen LogP contribution in [0.4, 0.5) is 0 Å². The molecule has 0 rings (SSSR count). The Morgan fingerprint density at radius 2 is 2.07 bits per heavy atom. The summed E-state index contributed by atoms with van der Waals surface area (Å²) in [5, 5.41) is 11.1. The standard InChI is InChI=1S/C7H14NO5P/c1-5(4-14(11,12)13)3-6(8-2)7(9)10/h3,6,8H,4H2,1-2H3,(H,9,10)(H2,11,12,13). The summed E-state index contributed by atoms with van der Waals surface area (Å²) in [6.07, 6.45) is 0.861. The van der Waals surface area contributed by atoms with Crippen LogP contribution in [-0.4, -0.2) is 40.1 Å². The molecule has 0 aliphatic rings. The summed E-state index contributed by atoms with van der Waals surface area (Å²) in [5.74, 6) is -1.09. The van der Waals surface area contributed by atoms with Gasteiger partial charge in [-0.3, -0.25) is 9.36 Å². The minimum Gasteiger partial charge on any atom is -0.480 e. The first-order valence-electron chi connectivity index (χ1n) is 3.88. The third-order valence-corrected chi connectivity index (χ3v) is 2.39. The molecule has 0 aliphatic heterocycles. The highest BCUT2D eigenvalue weighted by Crippen LogP contribution is 2.36. The molecule has 1 atom stereocenters. The van der Waals surface area contributed by atoms with Crippen LogP contribution in [-0.2, 0) is 9.36 Å². The normalized spacial score (nSPS) is 15.3. The van der Waals surface area contributed by atoms with Crippen molar-refractivity contribution in [3.63, 3.8) is 0 Å². The number of hydrogen-bond acceptors (Lipinski definition) is 3. The van der Waals surface area contributed by atoms with Crippen molar-refractivity contribution in [2.75, 3.05) is 13.2 Å². The Bertz CT molecular complexity index is 282. The van der Waals surface area contributed by atoms with Gasteiger partial charge in [0, 0.05) is 0 Å². The molecule has 0 radical (unpaired) electrons. The van der Waals surface area contributed by atoms with Gasteiger partial charge in [-0.05, 0) is 14.0 Å². The smallest absolute Gasteiger partial charge is 0.329 e. The SMILES string of the molecule is CNC(C=C(C)CP(=O)(O)O)C(=O)O. The number of nitrogens with one attached hydrogen (secondary N) is 1. The fraction of sp³-hybridized carbons (Fsp3) is 0.571. The van der Waals surface area contributed by atoms with E-state index in [9.17, 15) is 9.36 Å². The summed E-state index contributed by atoms with van der Waals surface area (Å²) >= 11 is 0. The predicted molar refractivity (Wildman–Crippen MR) is 51.2 cm³/mol. The molecular formula is C7H14NO5P. The van der Waals surface area contributed by atoms with E-state index >= 15 is 0 Å². The van der Waals surface area contributed by atoms with E-state index in [-0.39, 0.29) is 0 Å². The van der Waals surface area contributed by atoms with Gasteiger partial charge in [0.1, 0.15) is 6.04 Å². The monoisotopic (exact) mass is 223 g/mol. The number of hydrogen-bond donors (Lipinski definition) is 4. The second-order valence-corrected chi connectivity index (χ2v) is 4.59. The molecule has 0 saturated heterocycles. The van der Waals surface area contributed by atoms with Gasteiger partial charge in [0.15, 0.2) is 0 Å². The van der Waals surface area contributed by atoms with Gasteiger partial charge in [0.25, 0.3) is 0 Å². The Morgan fingerprint density at radius 3 is 2.36 bits per heavy atom. The third-order valence-electron chi connectivity index (χ3n) is 1.48. The maximum absolute atomic E-state index is 10.6. The van der Waals surface area contributed by atoms with E-state index in [0.717, 1.165) is 0 Å². The Labute approximate surface area is 81.8 Å². The Morgan fingerprint density at radius 1 is 1.57 bits per heavy atom. The highest BCUT2D eigenvalue weighted by Gasteiger charge is 2.16. The molecule has 14 heavy (non-hydrogen) atoms. The number of carboxylic acid groups (broad SMARTS) is 1. The minimum atomic E-state index is -4.11. The summed E-state index contributed by atoms with van der Waals surface area (Å²) in [7, 11) is -2.65. The molecule has 0 amide bonds. The summed E-state index contributed by atoms with van der Waals surface area (Å²) in [6.45, 7) is 1.48. The molecule has 4 N–H and O–H groups in total. The van der Waals surface area contributed by atoms with Crippen LogP contribution in [0.25, 0.3) is 0 Å². The second-order valence-electron chi connectivity index (χ2n) is 2.94. The van der Waals surface area contributed by atoms with Crippen molar-refractivity contribution in [1.82, 2.24) is 5.32 Å². The lowest BCUT2D eigenvalue weighted by Crippen LogP contribution is -2.32. The molecular weight excluding hydrogens is 209 g/mol. The molecule has 0 bridgehead atoms. The average molecular weight is 223 g/mol. The summed E-state index contributed by atoms with van der Waals surface area (Å²) in [6, 6.07) is -0.915. The molecule has 0 aromatic heterocycles. The number of allylic oxidation sites excluding steroid dienone is 1. The lowest BCUT2D eigenvalue weighted by atomic mass is 10.2. The number of rotatable bonds is 5. The lowest BCUT2D eigenvalue weighted by molar-refractivity contribution is -0.138. The Balaban J connectivity index is 4.49. The molecule has 0 aromatic rings. The van der Waals surface area contributed by atoms with E-state index in [1.807, 2.05) is 0 Å². The number of aliphatic carboxylic acids is 1. The van der Waals surface area contributed by atoms with Crippen LogP contribution in [0.15, 0.2) is 11.6 Å². The quantitative estimate of drug-likeness (QED) is 0.379. The van der Waals surface area contributed by atoms with Gasteiger partial charge in [-0.15, -0.1) is 0 Å². The molecule has 0 aromatic carbocycles. The Kier molecular flexibility index (Phi) is 5.01. The molecule has 7 heteroatoms. The van der Waals surface area contributed by atoms with Crippen LogP contribution in [0, 0.1) is 0 Å². The van der Waals surface area contributed by atoms with Crippen LogP contribution in [0.3, 0.4) is 0 Å². The fourth-order valence-corrected chi connectivity index (χ4v) is 1.70. The molecule has 0 saturated carbocycles. The molecule has 1 unspecified atom stereocenters. The van der Waals surface area contributed by atoms with Crippen molar-refractivity contribution in [1.29, 1.82) is 0 Å². The molecule has 0 aliphatic carbocycles. The van der Waals surface area contributed by atoms with Crippen molar-refractivity contribution >= 4 is 13.6 Å². The fourth-order valence-electron chi connectivity index (χ4n) is 0.940. The van der Waals surface area contributed by atoms with Gasteiger partial charge in [0.05, 0.1) is 6.16 Å². The maximum Gasteiger partial charge on any atom is 0.329 e. The van der Waals surface area contributed by atoms with Crippen molar-refractivity contribution in [2.24, 2.45) is 0 Å². The molecule has 0 heterocycles. The van der Waals surface area contributed by atoms with Gasteiger partial charge < -0.3 is 20.2 Å². The van der Waals surface area contributed by atoms with E-state index in [1.54, 1.807) is 0 Å². The zero-order valence-corrected chi connectivity index (χ0v) is 8.86. The summed E-state index contributed by atoms with van der Waals surface area (Å²) in [4.78, 5) is 27.8. The van der Waals surface area contributed by atoms with Crippen LogP contribution in [0.2, 0.25) is 0 Å². The zero-order valence-electron chi connectivity index (χ0n) is 7.97. The number of likely N-dealkylation sites (N-methyl/N-ethyl adjacent to an activating group) is 1. The van der Waals surface area contributed by atoms with E-state index in [4.69, 9.17) is 14.9 Å². The number of carbonyl (C=O) groups is 1. The van der Waals surface area contributed by atoms with Crippen molar-refractivity contribution < 1.29 is 24.3 Å². The first kappa shape index (κ1) is 13.3. The minimum absolute atomic E-state index is 0.347. The van der Waals surface area contributed by atoms with E-state index in [1.165, 1.54) is 20.0 Å². The van der Waals surface area contributed by atoms with E-state index < -0.39 is 25.8 Å². The van der Waals surface area contributed by atoms with Crippen LogP contribution >= 0.6 is 7.60 Å². The van der Waals surface area contributed by atoms with Gasteiger partial charge >= 0.3 is 13.6 Å². The third kappa shape index (κ3) is 5.88. The van der Waals surface area contributed by atoms with Gasteiger partial charge in [-0.25, -0.2) is 0 Å². The van der Waals surface area contributed by atoms with Crippen molar-refractivity contribution in [3.05, 3.63) is 11.6 Å². The van der Waals surface area contributed by atoms with Gasteiger partial charge in [-0.2, -0.15) is 0 Å². The first-order chi connectivity index (χ1) is 6.26. The van der Waals surface area contributed by atoms with E-state index in [0.29, 0.717) is 5.57 Å². The van der Waals surface area contributed by atoms with Crippen LogP contribution in [0.5, 0.6) is 0 Å². The summed E-state index contributed by atoms with van der Waals surface area (Å²) in [5.41, 5.74) is 0.347. The number of carboxylic acids is 1. The topological polar surface area (TPSA) is 107 Å². The highest BCUT2D eigenvalue weighted by atomic mass is 31.2. The van der Waals surface area contributed by atoms with Crippen LogP contribution in [0.1, 0.15) is 6.92 Å². The van der Waals surface area contributed by atoms with Gasteiger partial charge in [-0.1, -0.05) is 11.6 Å². The highest BCUT2D eigenvalue weighted by molar-refractivity contribution is 7.52. The second kappa shape index (κ2) is 5.26. The van der Waals surface area contributed by atoms with Gasteiger partial charge in [0.2, 0.25) is 0 Å². The average Bonchev–Trinajstić information content (AvgIpc) is 1.96. The summed E-state index contributed by atoms with van der Waals surface area (Å²) < 4.78 is 10.6. The molecule has 0 spiro atoms. The molecule has 82 valence electrons. The van der Waals surface area contributed by atoms with Crippen LogP contribution < -0.4 is 5.32 Å². The maximum atomic E-state index is 10.6. The largest absolute Gasteiger partial charge is 0.480 e. The Hall–Kier alpha value is -0.680. The first-order valence-corrected chi connectivity index (χ1v) is 5.68. The zero-order chi connectivity index (χ0) is 11.4. The van der Waals surface area contributed by atoms with E-state index in [2.05, 4.69) is 5.32 Å². The predicted octanol–water partition coefficient (Wildman–Crippen LogP) is -0.217. The lowest BCUT2D eigenvalue weighted by Gasteiger charge is -2.08. The van der Waals surface area contributed by atoms with Crippen molar-refractivity contribution in [2.45, 2.75) is 13.0 Å². The molecule has 0 fully saturated rings. The van der Waals surface area contributed by atoms with Crippen molar-refractivity contribution in [3.8, 4) is 0 Å².